The van der Waals surface area contributed by atoms with Gasteiger partial charge in [0.05, 0.1) is 0 Å². The van der Waals surface area contributed by atoms with Gasteiger partial charge in [-0.15, -0.1) is 0 Å². The molecule has 18 heavy (non-hydrogen) atoms. The molecule has 0 spiro atoms. The number of rotatable bonds is 2. The van der Waals surface area contributed by atoms with Gasteiger partial charge >= 0.3 is 20.8 Å². The van der Waals surface area contributed by atoms with E-state index in [1.807, 2.05) is 0 Å². The number of carbonyl (C=O) groups excluding carboxylic acids is 2. The summed E-state index contributed by atoms with van der Waals surface area (Å²) in [6.07, 6.45) is -0.518. The Morgan fingerprint density at radius 2 is 0.722 bits per heavy atom. The molecule has 0 saturated carbocycles. The minimum absolute atomic E-state index is 0.259. The molecule has 0 aliphatic heterocycles. The monoisotopic (exact) mass is 338 g/mol. The maximum absolute atomic E-state index is 10.8. The average Bonchev–Trinajstić information content (AvgIpc) is 1.73. The lowest BCUT2D eigenvalue weighted by Crippen LogP contribution is -1.98. The van der Waals surface area contributed by atoms with E-state index in [0.29, 0.717) is 8.80 Å². The Hall–Kier alpha value is -1.24. The maximum Gasteiger partial charge on any atom is 0.391 e. The topological polar surface area (TPSA) is 58.9 Å². The highest BCUT2D eigenvalue weighted by atomic mass is 32.5. The van der Waals surface area contributed by atoms with Crippen LogP contribution in [0.4, 0.5) is 38.9 Å². The van der Waals surface area contributed by atoms with E-state index in [4.69, 9.17) is 9.59 Å². The second kappa shape index (κ2) is 3.20. The van der Waals surface area contributed by atoms with Crippen LogP contribution in [0.1, 0.15) is 0 Å². The Morgan fingerprint density at radius 1 is 0.556 bits per heavy atom. The van der Waals surface area contributed by atoms with Crippen LogP contribution in [-0.4, -0.2) is 12.2 Å². The van der Waals surface area contributed by atoms with Crippen LogP contribution in [0, 0.1) is 0 Å². The van der Waals surface area contributed by atoms with E-state index in [-0.39, 0.29) is 12.2 Å². The minimum Gasteiger partial charge on any atom is -0.210 e. The maximum atomic E-state index is 10.8. The largest absolute Gasteiger partial charge is 0.391 e. The summed E-state index contributed by atoms with van der Waals surface area (Å²) < 4.78 is 109. The van der Waals surface area contributed by atoms with Crippen LogP contribution in [0.2, 0.25) is 0 Å². The van der Waals surface area contributed by atoms with E-state index in [1.54, 1.807) is 0 Å². The highest BCUT2D eigenvalue weighted by Crippen LogP contribution is 2.99. The molecule has 16 heteroatoms. The molecular formula is C2F10N2O2S2. The Labute approximate surface area is 91.1 Å². The third-order valence-corrected chi connectivity index (χ3v) is 1.26. The van der Waals surface area contributed by atoms with Crippen molar-refractivity contribution in [1.29, 1.82) is 0 Å². The summed E-state index contributed by atoms with van der Waals surface area (Å²) in [5, 5.41) is 0. The lowest BCUT2D eigenvalue weighted by atomic mass is 11.7. The Morgan fingerprint density at radius 3 is 0.722 bits per heavy atom. The van der Waals surface area contributed by atoms with Crippen molar-refractivity contribution in [3.63, 3.8) is 0 Å². The third-order valence-electron chi connectivity index (χ3n) is 0.420. The summed E-state index contributed by atoms with van der Waals surface area (Å²) >= 11 is 0. The van der Waals surface area contributed by atoms with Gasteiger partial charge in [-0.3, -0.25) is 0 Å². The molecule has 0 aliphatic rings. The molecule has 0 atom stereocenters. The van der Waals surface area contributed by atoms with E-state index in [0.717, 1.165) is 0 Å². The van der Waals surface area contributed by atoms with Gasteiger partial charge in [-0.2, -0.15) is 0 Å². The lowest BCUT2D eigenvalue weighted by Gasteiger charge is -2.32. The molecule has 0 aromatic carbocycles. The molecule has 0 unspecified atom stereocenters. The summed E-state index contributed by atoms with van der Waals surface area (Å²) in [7, 11) is -19.7. The fourth-order valence-electron chi connectivity index (χ4n) is 0.141. The molecule has 0 saturated heterocycles. The molecule has 4 nitrogen and oxygen atoms in total. The molecule has 0 aliphatic carbocycles. The van der Waals surface area contributed by atoms with E-state index < -0.39 is 20.8 Å². The van der Waals surface area contributed by atoms with Crippen LogP contribution in [0.3, 0.4) is 0 Å². The number of nitrogens with zero attached hydrogens (tertiary/aromatic N) is 2. The van der Waals surface area contributed by atoms with Crippen molar-refractivity contribution in [2.24, 2.45) is 8.80 Å². The minimum atomic E-state index is -9.83. The Kier molecular flexibility index (Phi) is 3.40. The quantitative estimate of drug-likeness (QED) is 0.401. The zero-order valence-electron chi connectivity index (χ0n) is 7.31. The zero-order chi connectivity index (χ0) is 15.6. The van der Waals surface area contributed by atoms with Gasteiger partial charge in [0.15, 0.2) is 0 Å². The molecule has 0 amide bonds. The molecule has 0 heterocycles. The molecule has 0 fully saturated rings. The first kappa shape index (κ1) is 19.1. The normalized spacial score (nSPS) is 19.2. The highest BCUT2D eigenvalue weighted by molar-refractivity contribution is 8.45. The number of hydrogen-bond acceptors (Lipinski definition) is 4. The molecule has 112 valence electrons. The molecule has 0 aromatic rings. The Bertz CT molecular complexity index is 386. The second-order valence-corrected chi connectivity index (χ2v) is 6.30. The summed E-state index contributed by atoms with van der Waals surface area (Å²) in [4.78, 5) is 17.5. The standard InChI is InChI=1S/2CF5NOS/c2*2-9(3,4,5,6)7-1-8. The van der Waals surface area contributed by atoms with Crippen molar-refractivity contribution >= 4 is 33.0 Å². The van der Waals surface area contributed by atoms with E-state index in [2.05, 4.69) is 0 Å². The Balaban J connectivity index is 0. The molecule has 0 radical (unpaired) electrons. The van der Waals surface area contributed by atoms with Crippen LogP contribution in [0.25, 0.3) is 0 Å². The van der Waals surface area contributed by atoms with E-state index in [9.17, 15) is 38.9 Å². The fourth-order valence-corrected chi connectivity index (χ4v) is 0.423. The van der Waals surface area contributed by atoms with Gasteiger partial charge in [0.25, 0.3) is 12.2 Å². The van der Waals surface area contributed by atoms with Crippen molar-refractivity contribution in [1.82, 2.24) is 0 Å². The van der Waals surface area contributed by atoms with Gasteiger partial charge in [0.2, 0.25) is 0 Å². The molecular weight excluding hydrogens is 338 g/mol. The van der Waals surface area contributed by atoms with Crippen LogP contribution in [-0.2, 0) is 9.59 Å². The number of isocyanates is 2. The first-order valence-electron chi connectivity index (χ1n) is 2.76. The second-order valence-electron chi connectivity index (χ2n) is 2.22. The van der Waals surface area contributed by atoms with Gasteiger partial charge in [-0.25, -0.2) is 9.59 Å². The van der Waals surface area contributed by atoms with Crippen LogP contribution < -0.4 is 0 Å². The smallest absolute Gasteiger partial charge is 0.210 e. The number of hydrogen-bond donors (Lipinski definition) is 0. The first-order chi connectivity index (χ1) is 7.07. The van der Waals surface area contributed by atoms with Gasteiger partial charge in [-0.05, 0) is 8.80 Å². The molecule has 0 bridgehead atoms. The van der Waals surface area contributed by atoms with Crippen molar-refractivity contribution in [2.75, 3.05) is 0 Å². The number of halogens is 10. The SMILES string of the molecule is O=C=NS(F)(F)(F)(F)F.O=C=NS(F)(F)(F)(F)F. The van der Waals surface area contributed by atoms with Crippen molar-refractivity contribution in [3.8, 4) is 0 Å². The van der Waals surface area contributed by atoms with Crippen LogP contribution in [0.5, 0.6) is 0 Å². The van der Waals surface area contributed by atoms with Gasteiger partial charge in [0, 0.05) is 0 Å². The zero-order valence-corrected chi connectivity index (χ0v) is 8.94. The summed E-state index contributed by atoms with van der Waals surface area (Å²) in [6, 6.07) is 0. The molecule has 0 rings (SSSR count). The van der Waals surface area contributed by atoms with Gasteiger partial charge < -0.3 is 0 Å². The first-order valence-corrected chi connectivity index (χ1v) is 6.58. The summed E-state index contributed by atoms with van der Waals surface area (Å²) in [5.41, 5.74) is 0. The summed E-state index contributed by atoms with van der Waals surface area (Å²) in [5.74, 6) is 0. The highest BCUT2D eigenvalue weighted by Gasteiger charge is 2.65. The van der Waals surface area contributed by atoms with E-state index >= 15 is 0 Å². The molecule has 0 aromatic heterocycles. The van der Waals surface area contributed by atoms with Crippen molar-refractivity contribution in [3.05, 3.63) is 0 Å². The summed E-state index contributed by atoms with van der Waals surface area (Å²) in [6.45, 7) is 0. The third kappa shape index (κ3) is 24.1. The van der Waals surface area contributed by atoms with Crippen LogP contribution in [0.15, 0.2) is 8.80 Å². The molecule has 0 N–H and O–H groups in total. The lowest BCUT2D eigenvalue weighted by molar-refractivity contribution is 0.363. The van der Waals surface area contributed by atoms with Crippen molar-refractivity contribution in [2.45, 2.75) is 0 Å². The van der Waals surface area contributed by atoms with E-state index in [1.165, 1.54) is 0 Å². The van der Waals surface area contributed by atoms with Gasteiger partial charge in [0.1, 0.15) is 0 Å². The van der Waals surface area contributed by atoms with Gasteiger partial charge in [-0.1, -0.05) is 38.9 Å². The average molecular weight is 338 g/mol. The van der Waals surface area contributed by atoms with Crippen LogP contribution >= 0.6 is 20.8 Å². The van der Waals surface area contributed by atoms with Crippen molar-refractivity contribution < 1.29 is 48.4 Å². The fraction of sp³-hybridized carbons (Fsp3) is 0. The predicted molar refractivity (Wildman–Crippen MR) is 42.5 cm³/mol. The predicted octanol–water partition coefficient (Wildman–Crippen LogP) is 5.07.